The van der Waals surface area contributed by atoms with E-state index in [1.807, 2.05) is 32.0 Å². The molecule has 4 rings (SSSR count). The molecular weight excluding hydrogens is 500 g/mol. The molecule has 3 aromatic rings. The van der Waals surface area contributed by atoms with E-state index in [2.05, 4.69) is 27.6 Å². The lowest BCUT2D eigenvalue weighted by Gasteiger charge is -2.28. The first kappa shape index (κ1) is 27.3. The number of nitrogens with zero attached hydrogens (tertiary/aromatic N) is 3. The number of anilines is 1. The van der Waals surface area contributed by atoms with Crippen molar-refractivity contribution >= 4 is 27.3 Å². The van der Waals surface area contributed by atoms with E-state index in [4.69, 9.17) is 4.74 Å². The Hall–Kier alpha value is -3.69. The largest absolute Gasteiger partial charge is 0.492 e. The fourth-order valence-corrected chi connectivity index (χ4v) is 5.74. The van der Waals surface area contributed by atoms with E-state index in [1.165, 1.54) is 5.56 Å². The summed E-state index contributed by atoms with van der Waals surface area (Å²) in [5, 5.41) is 4.33. The third kappa shape index (κ3) is 6.99. The molecule has 1 amide bonds. The topological polar surface area (TPSA) is 91.3 Å². The van der Waals surface area contributed by atoms with Gasteiger partial charge in [0.1, 0.15) is 12.3 Å². The average Bonchev–Trinajstić information content (AvgIpc) is 2.93. The van der Waals surface area contributed by atoms with Crippen molar-refractivity contribution in [2.45, 2.75) is 38.1 Å². The Bertz CT molecular complexity index is 1350. The zero-order chi connectivity index (χ0) is 27.0. The van der Waals surface area contributed by atoms with E-state index in [-0.39, 0.29) is 4.90 Å². The lowest BCUT2D eigenvalue weighted by Crippen LogP contribution is -2.40. The number of hydrazone groups is 1. The van der Waals surface area contributed by atoms with Gasteiger partial charge in [-0.15, -0.1) is 0 Å². The second kappa shape index (κ2) is 12.7. The molecule has 1 saturated heterocycles. The van der Waals surface area contributed by atoms with Gasteiger partial charge in [-0.05, 0) is 43.7 Å². The van der Waals surface area contributed by atoms with Crippen LogP contribution in [0.3, 0.4) is 0 Å². The summed E-state index contributed by atoms with van der Waals surface area (Å²) in [6.45, 7) is 6.21. The van der Waals surface area contributed by atoms with Gasteiger partial charge in [-0.1, -0.05) is 60.2 Å². The first-order valence-electron chi connectivity index (χ1n) is 12.8. The highest BCUT2D eigenvalue weighted by atomic mass is 32.2. The quantitative estimate of drug-likeness (QED) is 0.391. The molecule has 200 valence electrons. The number of amides is 1. The van der Waals surface area contributed by atoms with E-state index in [9.17, 15) is 13.2 Å². The fourth-order valence-electron chi connectivity index (χ4n) is 4.31. The van der Waals surface area contributed by atoms with Crippen molar-refractivity contribution in [2.75, 3.05) is 30.5 Å². The number of nitrogens with one attached hydrogen (secondary N) is 1. The summed E-state index contributed by atoms with van der Waals surface area (Å²) in [7, 11) is -4.05. The Morgan fingerprint density at radius 3 is 2.32 bits per heavy atom. The van der Waals surface area contributed by atoms with Crippen LogP contribution < -0.4 is 14.5 Å². The molecule has 3 aromatic carbocycles. The van der Waals surface area contributed by atoms with Crippen molar-refractivity contribution in [1.82, 2.24) is 10.3 Å². The minimum Gasteiger partial charge on any atom is -0.492 e. The second-order valence-electron chi connectivity index (χ2n) is 9.20. The smallest absolute Gasteiger partial charge is 0.264 e. The predicted molar refractivity (Wildman–Crippen MR) is 150 cm³/mol. The van der Waals surface area contributed by atoms with Crippen molar-refractivity contribution in [3.8, 4) is 5.75 Å². The molecule has 0 radical (unpaired) electrons. The summed E-state index contributed by atoms with van der Waals surface area (Å²) in [4.78, 5) is 15.5. The van der Waals surface area contributed by atoms with Crippen LogP contribution in [0.2, 0.25) is 0 Å². The molecule has 9 heteroatoms. The number of hydrogen-bond donors (Lipinski definition) is 1. The fraction of sp³-hybridized carbons (Fsp3) is 0.310. The molecule has 1 fully saturated rings. The van der Waals surface area contributed by atoms with E-state index < -0.39 is 22.5 Å². The maximum Gasteiger partial charge on any atom is 0.264 e. The van der Waals surface area contributed by atoms with Gasteiger partial charge in [-0.2, -0.15) is 5.10 Å². The molecule has 1 N–H and O–H groups in total. The summed E-state index contributed by atoms with van der Waals surface area (Å²) in [6, 6.07) is 23.7. The number of likely N-dealkylation sites (tertiary alicyclic amines) is 1. The van der Waals surface area contributed by atoms with E-state index in [0.717, 1.165) is 48.1 Å². The predicted octanol–water partition coefficient (Wildman–Crippen LogP) is 4.36. The van der Waals surface area contributed by atoms with Crippen molar-refractivity contribution in [3.63, 3.8) is 0 Å². The van der Waals surface area contributed by atoms with Gasteiger partial charge >= 0.3 is 0 Å². The molecule has 1 heterocycles. The molecule has 1 aliphatic heterocycles. The summed E-state index contributed by atoms with van der Waals surface area (Å²) in [5.74, 6) is -0.137. The van der Waals surface area contributed by atoms with E-state index in [1.54, 1.807) is 48.5 Å². The molecule has 1 aliphatic rings. The molecular formula is C29H34N4O4S. The Morgan fingerprint density at radius 2 is 1.63 bits per heavy atom. The maximum atomic E-state index is 13.7. The normalized spacial score (nSPS) is 14.1. The average molecular weight is 535 g/mol. The summed E-state index contributed by atoms with van der Waals surface area (Å²) in [6.07, 6.45) is 1.48. The summed E-state index contributed by atoms with van der Waals surface area (Å²) in [5.41, 5.74) is 5.98. The molecule has 8 nitrogen and oxygen atoms in total. The number of sulfonamides is 1. The summed E-state index contributed by atoms with van der Waals surface area (Å²) >= 11 is 0. The van der Waals surface area contributed by atoms with Crippen LogP contribution in [0, 0.1) is 6.92 Å². The SMILES string of the molecule is CCOc1ccccc1N(CC(=O)NN=C1CCN(Cc2ccccc2)CC1)S(=O)(=O)c1ccc(C)cc1. The van der Waals surface area contributed by atoms with Gasteiger partial charge < -0.3 is 4.74 Å². The highest BCUT2D eigenvalue weighted by Gasteiger charge is 2.29. The van der Waals surface area contributed by atoms with Gasteiger partial charge in [0.2, 0.25) is 0 Å². The number of para-hydroxylation sites is 2. The zero-order valence-corrected chi connectivity index (χ0v) is 22.7. The number of aryl methyl sites for hydroxylation is 1. The molecule has 38 heavy (non-hydrogen) atoms. The van der Waals surface area contributed by atoms with Gasteiger partial charge in [0, 0.05) is 38.2 Å². The van der Waals surface area contributed by atoms with Crippen molar-refractivity contribution in [3.05, 3.63) is 90.0 Å². The number of carbonyl (C=O) groups excluding carboxylic acids is 1. The third-order valence-electron chi connectivity index (χ3n) is 6.35. The highest BCUT2D eigenvalue weighted by Crippen LogP contribution is 2.32. The van der Waals surface area contributed by atoms with Gasteiger partial charge in [0.25, 0.3) is 15.9 Å². The number of benzene rings is 3. The Labute approximate surface area is 225 Å². The van der Waals surface area contributed by atoms with Gasteiger partial charge in [0.15, 0.2) is 0 Å². The van der Waals surface area contributed by atoms with Crippen molar-refractivity contribution in [1.29, 1.82) is 0 Å². The number of piperidine rings is 1. The van der Waals surface area contributed by atoms with Crippen LogP contribution in [0.1, 0.15) is 30.9 Å². The van der Waals surface area contributed by atoms with Crippen LogP contribution in [0.25, 0.3) is 0 Å². The lowest BCUT2D eigenvalue weighted by atomic mass is 10.1. The van der Waals surface area contributed by atoms with Crippen LogP contribution in [0.4, 0.5) is 5.69 Å². The minimum absolute atomic E-state index is 0.0966. The second-order valence-corrected chi connectivity index (χ2v) is 11.1. The Morgan fingerprint density at radius 1 is 0.974 bits per heavy atom. The molecule has 0 atom stereocenters. The van der Waals surface area contributed by atoms with Crippen LogP contribution in [-0.4, -0.2) is 51.2 Å². The number of rotatable bonds is 10. The van der Waals surface area contributed by atoms with E-state index >= 15 is 0 Å². The third-order valence-corrected chi connectivity index (χ3v) is 8.12. The Balaban J connectivity index is 1.46. The minimum atomic E-state index is -4.05. The van der Waals surface area contributed by atoms with Gasteiger partial charge in [-0.25, -0.2) is 13.8 Å². The molecule has 0 saturated carbocycles. The molecule has 0 spiro atoms. The number of hydrogen-bond acceptors (Lipinski definition) is 6. The van der Waals surface area contributed by atoms with Crippen molar-refractivity contribution < 1.29 is 17.9 Å². The molecule has 0 bridgehead atoms. The van der Waals surface area contributed by atoms with Gasteiger partial charge in [-0.3, -0.25) is 14.0 Å². The van der Waals surface area contributed by atoms with E-state index in [0.29, 0.717) is 18.0 Å². The summed E-state index contributed by atoms with van der Waals surface area (Å²) < 4.78 is 34.1. The van der Waals surface area contributed by atoms with Crippen LogP contribution in [-0.2, 0) is 21.4 Å². The first-order chi connectivity index (χ1) is 18.4. The number of carbonyl (C=O) groups is 1. The number of ether oxygens (including phenoxy) is 1. The van der Waals surface area contributed by atoms with Crippen LogP contribution in [0.15, 0.2) is 88.9 Å². The Kier molecular flexibility index (Phi) is 9.15. The molecule has 0 aromatic heterocycles. The molecule has 0 unspecified atom stereocenters. The first-order valence-corrected chi connectivity index (χ1v) is 14.2. The maximum absolute atomic E-state index is 13.7. The van der Waals surface area contributed by atoms with Gasteiger partial charge in [0.05, 0.1) is 17.2 Å². The molecule has 0 aliphatic carbocycles. The lowest BCUT2D eigenvalue weighted by molar-refractivity contribution is -0.119. The zero-order valence-electron chi connectivity index (χ0n) is 21.8. The van der Waals surface area contributed by atoms with Crippen LogP contribution in [0.5, 0.6) is 5.75 Å². The standard InChI is InChI=1S/C29H34N4O4S/c1-3-37-28-12-8-7-11-27(28)33(38(35,36)26-15-13-23(2)14-16-26)22-29(34)31-30-25-17-19-32(20-18-25)21-24-9-5-4-6-10-24/h4-16H,3,17-22H2,1-2H3,(H,31,34). The van der Waals surface area contributed by atoms with Crippen LogP contribution >= 0.6 is 0 Å². The highest BCUT2D eigenvalue weighted by molar-refractivity contribution is 7.92. The monoisotopic (exact) mass is 534 g/mol. The van der Waals surface area contributed by atoms with Crippen molar-refractivity contribution in [2.24, 2.45) is 5.10 Å².